The molecule has 1 fully saturated rings. The number of nitro groups is 1. The molecule has 1 aliphatic carbocycles. The molecule has 2 rings (SSSR count). The number of nitrogens with zero attached hydrogens (tertiary/aromatic N) is 2. The van der Waals surface area contributed by atoms with E-state index in [1.807, 2.05) is 6.92 Å². The van der Waals surface area contributed by atoms with E-state index < -0.39 is 26.5 Å². The van der Waals surface area contributed by atoms with Crippen LogP contribution in [0.15, 0.2) is 23.1 Å². The zero-order valence-electron chi connectivity index (χ0n) is 11.1. The summed E-state index contributed by atoms with van der Waals surface area (Å²) in [5.41, 5.74) is -0.734. The van der Waals surface area contributed by atoms with Crippen molar-refractivity contribution in [2.24, 2.45) is 11.8 Å². The van der Waals surface area contributed by atoms with E-state index in [9.17, 15) is 22.9 Å². The van der Waals surface area contributed by atoms with E-state index in [-0.39, 0.29) is 4.90 Å². The van der Waals surface area contributed by atoms with Crippen LogP contribution in [-0.2, 0) is 10.0 Å². The molecule has 8 heteroatoms. The average Bonchev–Trinajstić information content (AvgIpc) is 3.04. The van der Waals surface area contributed by atoms with Crippen LogP contribution < -0.4 is 0 Å². The largest absolute Gasteiger partial charge is 0.304 e. The Morgan fingerprint density at radius 1 is 1.50 bits per heavy atom. The van der Waals surface area contributed by atoms with Gasteiger partial charge in [-0.25, -0.2) is 12.7 Å². The van der Waals surface area contributed by atoms with Gasteiger partial charge in [0.2, 0.25) is 15.8 Å². The number of hydrogen-bond donors (Lipinski definition) is 0. The molecule has 1 aromatic carbocycles. The number of halogens is 1. The van der Waals surface area contributed by atoms with Crippen LogP contribution in [0.4, 0.5) is 10.1 Å². The van der Waals surface area contributed by atoms with Gasteiger partial charge >= 0.3 is 5.69 Å². The quantitative estimate of drug-likeness (QED) is 0.615. The van der Waals surface area contributed by atoms with Crippen molar-refractivity contribution >= 4 is 15.7 Å². The summed E-state index contributed by atoms with van der Waals surface area (Å²) in [4.78, 5) is 9.36. The Kier molecular flexibility index (Phi) is 3.79. The molecule has 20 heavy (non-hydrogen) atoms. The molecule has 0 amide bonds. The molecule has 0 spiro atoms. The summed E-state index contributed by atoms with van der Waals surface area (Å²) in [5, 5.41) is 10.5. The lowest BCUT2D eigenvalue weighted by molar-refractivity contribution is -0.387. The number of hydrogen-bond acceptors (Lipinski definition) is 4. The van der Waals surface area contributed by atoms with Gasteiger partial charge < -0.3 is 0 Å². The normalized spacial score (nSPS) is 22.0. The monoisotopic (exact) mass is 302 g/mol. The second-order valence-electron chi connectivity index (χ2n) is 5.13. The van der Waals surface area contributed by atoms with Crippen LogP contribution in [0.3, 0.4) is 0 Å². The molecule has 110 valence electrons. The van der Waals surface area contributed by atoms with E-state index >= 15 is 0 Å². The highest BCUT2D eigenvalue weighted by molar-refractivity contribution is 7.89. The Balaban J connectivity index is 2.25. The molecule has 0 radical (unpaired) electrons. The second kappa shape index (κ2) is 5.10. The average molecular weight is 302 g/mol. The lowest BCUT2D eigenvalue weighted by atomic mass is 10.3. The molecule has 0 bridgehead atoms. The van der Waals surface area contributed by atoms with Crippen LogP contribution in [0.1, 0.15) is 13.3 Å². The molecule has 1 aliphatic rings. The van der Waals surface area contributed by atoms with Gasteiger partial charge in [0, 0.05) is 25.7 Å². The van der Waals surface area contributed by atoms with Gasteiger partial charge in [-0.05, 0) is 24.3 Å². The highest BCUT2D eigenvalue weighted by Crippen LogP contribution is 2.38. The summed E-state index contributed by atoms with van der Waals surface area (Å²) in [5.74, 6) is -0.316. The van der Waals surface area contributed by atoms with Crippen LogP contribution in [0, 0.1) is 27.8 Å². The molecule has 0 aliphatic heterocycles. The van der Waals surface area contributed by atoms with Crippen LogP contribution in [0.2, 0.25) is 0 Å². The van der Waals surface area contributed by atoms with Crippen LogP contribution in [-0.4, -0.2) is 31.2 Å². The van der Waals surface area contributed by atoms with Gasteiger partial charge in [0.25, 0.3) is 0 Å². The minimum absolute atomic E-state index is 0.267. The molecule has 2 unspecified atom stereocenters. The Labute approximate surface area is 116 Å². The standard InChI is InChI=1S/C12H15FN2O4S/c1-8-5-9(8)7-14(2)20(18,19)10-3-4-12(15(16)17)11(13)6-10/h3-4,6,8-9H,5,7H2,1-2H3. The van der Waals surface area contributed by atoms with Crippen molar-refractivity contribution in [1.29, 1.82) is 0 Å². The van der Waals surface area contributed by atoms with E-state index in [1.165, 1.54) is 11.4 Å². The molecular formula is C12H15FN2O4S. The molecule has 0 heterocycles. The zero-order valence-corrected chi connectivity index (χ0v) is 11.9. The first-order valence-electron chi connectivity index (χ1n) is 6.13. The Morgan fingerprint density at radius 3 is 2.55 bits per heavy atom. The summed E-state index contributed by atoms with van der Waals surface area (Å²) in [7, 11) is -2.38. The summed E-state index contributed by atoms with van der Waals surface area (Å²) in [6.07, 6.45) is 0.981. The molecular weight excluding hydrogens is 287 g/mol. The summed E-state index contributed by atoms with van der Waals surface area (Å²) >= 11 is 0. The van der Waals surface area contributed by atoms with E-state index in [1.54, 1.807) is 0 Å². The molecule has 1 aromatic rings. The Morgan fingerprint density at radius 2 is 2.10 bits per heavy atom. The first kappa shape index (κ1) is 14.9. The van der Waals surface area contributed by atoms with Gasteiger partial charge in [0.05, 0.1) is 9.82 Å². The van der Waals surface area contributed by atoms with E-state index in [2.05, 4.69) is 0 Å². The lowest BCUT2D eigenvalue weighted by Gasteiger charge is -2.17. The van der Waals surface area contributed by atoms with Crippen molar-refractivity contribution in [2.45, 2.75) is 18.2 Å². The summed E-state index contributed by atoms with van der Waals surface area (Å²) < 4.78 is 39.1. The molecule has 6 nitrogen and oxygen atoms in total. The van der Waals surface area contributed by atoms with E-state index in [4.69, 9.17) is 0 Å². The smallest absolute Gasteiger partial charge is 0.258 e. The third kappa shape index (κ3) is 2.80. The Bertz CT molecular complexity index is 647. The molecule has 1 saturated carbocycles. The number of nitro benzene ring substituents is 1. The predicted octanol–water partition coefficient (Wildman–Crippen LogP) is 2.01. The topological polar surface area (TPSA) is 80.5 Å². The lowest BCUT2D eigenvalue weighted by Crippen LogP contribution is -2.29. The summed E-state index contributed by atoms with van der Waals surface area (Å²) in [6.45, 7) is 2.42. The molecule has 0 aromatic heterocycles. The number of rotatable bonds is 5. The van der Waals surface area contributed by atoms with Gasteiger partial charge in [0.1, 0.15) is 0 Å². The van der Waals surface area contributed by atoms with Crippen molar-refractivity contribution < 1.29 is 17.7 Å². The first-order chi connectivity index (χ1) is 9.23. The predicted molar refractivity (Wildman–Crippen MR) is 70.1 cm³/mol. The maximum atomic E-state index is 13.5. The maximum absolute atomic E-state index is 13.5. The van der Waals surface area contributed by atoms with Gasteiger partial charge in [-0.3, -0.25) is 10.1 Å². The molecule has 0 saturated heterocycles. The highest BCUT2D eigenvalue weighted by atomic mass is 32.2. The zero-order chi connectivity index (χ0) is 15.1. The van der Waals surface area contributed by atoms with Crippen LogP contribution in [0.5, 0.6) is 0 Å². The van der Waals surface area contributed by atoms with Crippen molar-refractivity contribution in [3.8, 4) is 0 Å². The number of sulfonamides is 1. The fourth-order valence-corrected chi connectivity index (χ4v) is 3.30. The SMILES string of the molecule is CC1CC1CN(C)S(=O)(=O)c1ccc([N+](=O)[O-])c(F)c1. The minimum atomic E-state index is -3.81. The highest BCUT2D eigenvalue weighted by Gasteiger charge is 2.36. The van der Waals surface area contributed by atoms with Crippen LogP contribution in [0.25, 0.3) is 0 Å². The molecule has 0 N–H and O–H groups in total. The van der Waals surface area contributed by atoms with Gasteiger partial charge in [-0.2, -0.15) is 4.39 Å². The van der Waals surface area contributed by atoms with Crippen LogP contribution >= 0.6 is 0 Å². The fraction of sp³-hybridized carbons (Fsp3) is 0.500. The van der Waals surface area contributed by atoms with Crippen molar-refractivity contribution in [1.82, 2.24) is 4.31 Å². The van der Waals surface area contributed by atoms with Gasteiger partial charge in [-0.1, -0.05) is 6.92 Å². The molecule has 2 atom stereocenters. The minimum Gasteiger partial charge on any atom is -0.258 e. The van der Waals surface area contributed by atoms with Gasteiger partial charge in [-0.15, -0.1) is 0 Å². The third-order valence-electron chi connectivity index (χ3n) is 3.59. The number of benzene rings is 1. The van der Waals surface area contributed by atoms with Crippen molar-refractivity contribution in [3.05, 3.63) is 34.1 Å². The van der Waals surface area contributed by atoms with Gasteiger partial charge in [0.15, 0.2) is 0 Å². The second-order valence-corrected chi connectivity index (χ2v) is 7.17. The third-order valence-corrected chi connectivity index (χ3v) is 5.41. The summed E-state index contributed by atoms with van der Waals surface area (Å²) in [6, 6.07) is 2.62. The van der Waals surface area contributed by atoms with Crippen molar-refractivity contribution in [3.63, 3.8) is 0 Å². The first-order valence-corrected chi connectivity index (χ1v) is 7.57. The maximum Gasteiger partial charge on any atom is 0.304 e. The Hall–Kier alpha value is -1.54. The van der Waals surface area contributed by atoms with E-state index in [0.717, 1.165) is 18.6 Å². The van der Waals surface area contributed by atoms with Crippen molar-refractivity contribution in [2.75, 3.05) is 13.6 Å². The van der Waals surface area contributed by atoms with E-state index in [0.29, 0.717) is 24.4 Å². The fourth-order valence-electron chi connectivity index (χ4n) is 2.06.